The third-order valence-electron chi connectivity index (χ3n) is 2.51. The van der Waals surface area contributed by atoms with Gasteiger partial charge < -0.3 is 5.32 Å². The van der Waals surface area contributed by atoms with Crippen molar-refractivity contribution in [2.24, 2.45) is 0 Å². The van der Waals surface area contributed by atoms with Gasteiger partial charge in [-0.15, -0.1) is 0 Å². The zero-order valence-corrected chi connectivity index (χ0v) is 9.74. The van der Waals surface area contributed by atoms with Crippen molar-refractivity contribution in [2.45, 2.75) is 45.6 Å². The Kier molecular flexibility index (Phi) is 5.93. The van der Waals surface area contributed by atoms with Gasteiger partial charge in [-0.1, -0.05) is 26.2 Å². The molecule has 15 heavy (non-hydrogen) atoms. The Hall–Kier alpha value is -0.960. The molecule has 0 bridgehead atoms. The molecule has 3 nitrogen and oxygen atoms in total. The van der Waals surface area contributed by atoms with E-state index in [0.717, 1.165) is 12.2 Å². The molecule has 0 saturated heterocycles. The van der Waals surface area contributed by atoms with Crippen molar-refractivity contribution >= 4 is 0 Å². The maximum absolute atomic E-state index is 4.27. The number of nitrogens with zero attached hydrogens (tertiary/aromatic N) is 2. The summed E-state index contributed by atoms with van der Waals surface area (Å²) in [6.45, 7) is 5.43. The molecule has 84 valence electrons. The van der Waals surface area contributed by atoms with Crippen LogP contribution in [0.5, 0.6) is 0 Å². The highest BCUT2D eigenvalue weighted by Crippen LogP contribution is 2.06. The number of hydrogen-bond acceptors (Lipinski definition) is 3. The molecule has 0 aliphatic rings. The van der Waals surface area contributed by atoms with E-state index in [1.165, 1.54) is 25.7 Å². The number of aromatic nitrogens is 2. The highest BCUT2D eigenvalue weighted by Gasteiger charge is 2.04. The zero-order valence-electron chi connectivity index (χ0n) is 9.74. The maximum Gasteiger partial charge on any atom is 0.0753 e. The number of rotatable bonds is 7. The van der Waals surface area contributed by atoms with Gasteiger partial charge in [-0.3, -0.25) is 9.97 Å². The van der Waals surface area contributed by atoms with Gasteiger partial charge in [-0.2, -0.15) is 0 Å². The van der Waals surface area contributed by atoms with E-state index in [1.54, 1.807) is 12.4 Å². The second-order valence-corrected chi connectivity index (χ2v) is 3.87. The van der Waals surface area contributed by atoms with Crippen LogP contribution in [-0.4, -0.2) is 16.5 Å². The standard InChI is InChI=1S/C12H21N3/c1-3-4-5-6-7-14-11(2)12-10-13-8-9-15-12/h8-11,14H,3-7H2,1-2H3. The Morgan fingerprint density at radius 1 is 1.27 bits per heavy atom. The van der Waals surface area contributed by atoms with E-state index in [2.05, 4.69) is 29.1 Å². The molecule has 3 heteroatoms. The first-order chi connectivity index (χ1) is 7.34. The fourth-order valence-corrected chi connectivity index (χ4v) is 1.51. The molecule has 0 radical (unpaired) electrons. The number of hydrogen-bond donors (Lipinski definition) is 1. The summed E-state index contributed by atoms with van der Waals surface area (Å²) in [5.41, 5.74) is 1.02. The van der Waals surface area contributed by atoms with Gasteiger partial charge in [0.05, 0.1) is 5.69 Å². The zero-order chi connectivity index (χ0) is 10.9. The molecule has 0 amide bonds. The van der Waals surface area contributed by atoms with Gasteiger partial charge in [0.15, 0.2) is 0 Å². The fourth-order valence-electron chi connectivity index (χ4n) is 1.51. The molecule has 1 rings (SSSR count). The largest absolute Gasteiger partial charge is 0.309 e. The summed E-state index contributed by atoms with van der Waals surface area (Å²) in [4.78, 5) is 8.33. The molecule has 1 atom stereocenters. The van der Waals surface area contributed by atoms with Crippen LogP contribution in [0.25, 0.3) is 0 Å². The van der Waals surface area contributed by atoms with Crippen LogP contribution in [0.1, 0.15) is 51.3 Å². The third-order valence-corrected chi connectivity index (χ3v) is 2.51. The normalized spacial score (nSPS) is 12.7. The Labute approximate surface area is 92.3 Å². The topological polar surface area (TPSA) is 37.8 Å². The summed E-state index contributed by atoms with van der Waals surface area (Å²) in [6.07, 6.45) is 10.5. The van der Waals surface area contributed by atoms with Gasteiger partial charge in [0.1, 0.15) is 0 Å². The first-order valence-corrected chi connectivity index (χ1v) is 5.84. The van der Waals surface area contributed by atoms with Gasteiger partial charge in [-0.05, 0) is 19.9 Å². The molecule has 1 aromatic rings. The summed E-state index contributed by atoms with van der Waals surface area (Å²) in [5.74, 6) is 0. The molecular weight excluding hydrogens is 186 g/mol. The van der Waals surface area contributed by atoms with Crippen molar-refractivity contribution in [1.29, 1.82) is 0 Å². The lowest BCUT2D eigenvalue weighted by atomic mass is 10.2. The fraction of sp³-hybridized carbons (Fsp3) is 0.667. The van der Waals surface area contributed by atoms with E-state index in [4.69, 9.17) is 0 Å². The van der Waals surface area contributed by atoms with E-state index in [0.29, 0.717) is 6.04 Å². The SMILES string of the molecule is CCCCCCNC(C)c1cnccn1. The Bertz CT molecular complexity index is 248. The molecule has 0 aliphatic heterocycles. The van der Waals surface area contributed by atoms with Crippen LogP contribution in [0.4, 0.5) is 0 Å². The second kappa shape index (κ2) is 7.35. The highest BCUT2D eigenvalue weighted by molar-refractivity contribution is 5.00. The quantitative estimate of drug-likeness (QED) is 0.699. The Morgan fingerprint density at radius 2 is 2.13 bits per heavy atom. The van der Waals surface area contributed by atoms with Crippen molar-refractivity contribution in [2.75, 3.05) is 6.54 Å². The van der Waals surface area contributed by atoms with Gasteiger partial charge in [-0.25, -0.2) is 0 Å². The van der Waals surface area contributed by atoms with Crippen LogP contribution >= 0.6 is 0 Å². The van der Waals surface area contributed by atoms with Crippen LogP contribution in [-0.2, 0) is 0 Å². The maximum atomic E-state index is 4.27. The smallest absolute Gasteiger partial charge is 0.0753 e. The predicted molar refractivity (Wildman–Crippen MR) is 62.6 cm³/mol. The predicted octanol–water partition coefficient (Wildman–Crippen LogP) is 2.71. The van der Waals surface area contributed by atoms with E-state index >= 15 is 0 Å². The molecule has 0 fully saturated rings. The van der Waals surface area contributed by atoms with E-state index in [-0.39, 0.29) is 0 Å². The summed E-state index contributed by atoms with van der Waals surface area (Å²) >= 11 is 0. The first-order valence-electron chi connectivity index (χ1n) is 5.84. The third kappa shape index (κ3) is 4.88. The van der Waals surface area contributed by atoms with Crippen LogP contribution in [0.2, 0.25) is 0 Å². The number of unbranched alkanes of at least 4 members (excludes halogenated alkanes) is 3. The lowest BCUT2D eigenvalue weighted by Crippen LogP contribution is -2.20. The highest BCUT2D eigenvalue weighted by atomic mass is 14.9. The molecular formula is C12H21N3. The summed E-state index contributed by atoms with van der Waals surface area (Å²) in [6, 6.07) is 0.306. The molecule has 0 aliphatic carbocycles. The van der Waals surface area contributed by atoms with Crippen molar-refractivity contribution in [3.8, 4) is 0 Å². The second-order valence-electron chi connectivity index (χ2n) is 3.87. The van der Waals surface area contributed by atoms with E-state index in [1.807, 2.05) is 6.20 Å². The summed E-state index contributed by atoms with van der Waals surface area (Å²) < 4.78 is 0. The van der Waals surface area contributed by atoms with Crippen molar-refractivity contribution in [1.82, 2.24) is 15.3 Å². The molecule has 0 aromatic carbocycles. The van der Waals surface area contributed by atoms with Gasteiger partial charge in [0, 0.05) is 24.6 Å². The molecule has 0 spiro atoms. The van der Waals surface area contributed by atoms with Crippen LogP contribution in [0.15, 0.2) is 18.6 Å². The van der Waals surface area contributed by atoms with Crippen LogP contribution < -0.4 is 5.32 Å². The lowest BCUT2D eigenvalue weighted by Gasteiger charge is -2.12. The van der Waals surface area contributed by atoms with Crippen molar-refractivity contribution in [3.63, 3.8) is 0 Å². The molecule has 1 heterocycles. The average Bonchev–Trinajstić information content (AvgIpc) is 2.30. The lowest BCUT2D eigenvalue weighted by molar-refractivity contribution is 0.527. The molecule has 0 saturated carbocycles. The average molecular weight is 207 g/mol. The summed E-state index contributed by atoms with van der Waals surface area (Å²) in [5, 5.41) is 3.46. The monoisotopic (exact) mass is 207 g/mol. The molecule has 1 N–H and O–H groups in total. The minimum Gasteiger partial charge on any atom is -0.309 e. The Balaban J connectivity index is 2.16. The molecule has 1 unspecified atom stereocenters. The van der Waals surface area contributed by atoms with Crippen LogP contribution in [0.3, 0.4) is 0 Å². The van der Waals surface area contributed by atoms with Gasteiger partial charge in [0.25, 0.3) is 0 Å². The van der Waals surface area contributed by atoms with Crippen molar-refractivity contribution < 1.29 is 0 Å². The van der Waals surface area contributed by atoms with E-state index in [9.17, 15) is 0 Å². The van der Waals surface area contributed by atoms with Crippen LogP contribution in [0, 0.1) is 0 Å². The number of nitrogens with one attached hydrogen (secondary N) is 1. The van der Waals surface area contributed by atoms with Gasteiger partial charge in [0.2, 0.25) is 0 Å². The summed E-state index contributed by atoms with van der Waals surface area (Å²) in [7, 11) is 0. The first kappa shape index (κ1) is 12.1. The Morgan fingerprint density at radius 3 is 2.80 bits per heavy atom. The molecule has 1 aromatic heterocycles. The van der Waals surface area contributed by atoms with Crippen molar-refractivity contribution in [3.05, 3.63) is 24.3 Å². The minimum atomic E-state index is 0.306. The van der Waals surface area contributed by atoms with E-state index < -0.39 is 0 Å². The minimum absolute atomic E-state index is 0.306. The van der Waals surface area contributed by atoms with Gasteiger partial charge >= 0.3 is 0 Å².